The Morgan fingerprint density at radius 3 is 2.71 bits per heavy atom. The van der Waals surface area contributed by atoms with Crippen molar-refractivity contribution < 1.29 is 4.79 Å². The molecular formula is C11H19N5O. The molecule has 0 saturated carbocycles. The van der Waals surface area contributed by atoms with E-state index in [4.69, 9.17) is 5.73 Å². The number of carbonyl (C=O) groups excluding carboxylic acids is 1. The molecule has 2 heterocycles. The van der Waals surface area contributed by atoms with E-state index in [9.17, 15) is 4.79 Å². The van der Waals surface area contributed by atoms with Gasteiger partial charge in [-0.05, 0) is 12.8 Å². The predicted octanol–water partition coefficient (Wildman–Crippen LogP) is 0.0609. The highest BCUT2D eigenvalue weighted by atomic mass is 16.2. The van der Waals surface area contributed by atoms with Gasteiger partial charge in [0.1, 0.15) is 0 Å². The van der Waals surface area contributed by atoms with Crippen molar-refractivity contribution in [3.63, 3.8) is 0 Å². The van der Waals surface area contributed by atoms with E-state index >= 15 is 0 Å². The van der Waals surface area contributed by atoms with Crippen LogP contribution in [0.1, 0.15) is 12.8 Å². The normalized spacial score (nSPS) is 15.3. The molecule has 2 N–H and O–H groups in total. The maximum Gasteiger partial charge on any atom is 0.242 e. The quantitative estimate of drug-likeness (QED) is 0.807. The first-order chi connectivity index (χ1) is 8.08. The van der Waals surface area contributed by atoms with Crippen LogP contribution in [0.2, 0.25) is 0 Å². The molecule has 1 fully saturated rings. The third-order valence-corrected chi connectivity index (χ3v) is 3.03. The van der Waals surface area contributed by atoms with Crippen LogP contribution in [0.3, 0.4) is 0 Å². The van der Waals surface area contributed by atoms with Gasteiger partial charge in [0.2, 0.25) is 5.91 Å². The minimum atomic E-state index is 0.148. The van der Waals surface area contributed by atoms with Crippen LogP contribution in [0, 0.1) is 0 Å². The van der Waals surface area contributed by atoms with Gasteiger partial charge in [0.15, 0.2) is 5.82 Å². The fourth-order valence-corrected chi connectivity index (χ4v) is 2.14. The van der Waals surface area contributed by atoms with E-state index in [0.29, 0.717) is 18.1 Å². The van der Waals surface area contributed by atoms with E-state index in [1.165, 1.54) is 0 Å². The number of nitrogen functional groups attached to an aromatic ring is 1. The van der Waals surface area contributed by atoms with Gasteiger partial charge in [-0.2, -0.15) is 5.10 Å². The Bertz CT molecular complexity index is 408. The SMILES string of the molecule is CN(CC(=O)N1CCCC1)c1nn(C)cc1N. The molecule has 0 spiro atoms. The Labute approximate surface area is 101 Å². The van der Waals surface area contributed by atoms with Gasteiger partial charge in [0.25, 0.3) is 0 Å². The first-order valence-corrected chi connectivity index (χ1v) is 5.86. The maximum atomic E-state index is 12.0. The fourth-order valence-electron chi connectivity index (χ4n) is 2.14. The number of likely N-dealkylation sites (tertiary alicyclic amines) is 1. The summed E-state index contributed by atoms with van der Waals surface area (Å²) in [4.78, 5) is 15.7. The summed E-state index contributed by atoms with van der Waals surface area (Å²) in [5.41, 5.74) is 6.42. The highest BCUT2D eigenvalue weighted by Gasteiger charge is 2.20. The van der Waals surface area contributed by atoms with Crippen molar-refractivity contribution in [2.24, 2.45) is 7.05 Å². The van der Waals surface area contributed by atoms with Gasteiger partial charge in [-0.25, -0.2) is 0 Å². The second-order valence-corrected chi connectivity index (χ2v) is 4.53. The zero-order valence-electron chi connectivity index (χ0n) is 10.4. The average molecular weight is 237 g/mol. The molecule has 1 saturated heterocycles. The van der Waals surface area contributed by atoms with Crippen molar-refractivity contribution in [1.82, 2.24) is 14.7 Å². The van der Waals surface area contributed by atoms with Crippen molar-refractivity contribution >= 4 is 17.4 Å². The Kier molecular flexibility index (Phi) is 3.21. The van der Waals surface area contributed by atoms with Gasteiger partial charge in [-0.15, -0.1) is 0 Å². The first kappa shape index (κ1) is 11.8. The highest BCUT2D eigenvalue weighted by Crippen LogP contribution is 2.19. The molecule has 94 valence electrons. The van der Waals surface area contributed by atoms with Crippen LogP contribution in [0.15, 0.2) is 6.20 Å². The number of nitrogens with two attached hydrogens (primary N) is 1. The Balaban J connectivity index is 1.98. The van der Waals surface area contributed by atoms with Crippen LogP contribution in [-0.2, 0) is 11.8 Å². The van der Waals surface area contributed by atoms with Crippen LogP contribution in [-0.4, -0.2) is 47.3 Å². The van der Waals surface area contributed by atoms with Crippen molar-refractivity contribution in [2.75, 3.05) is 37.3 Å². The first-order valence-electron chi connectivity index (χ1n) is 5.86. The lowest BCUT2D eigenvalue weighted by Crippen LogP contribution is -2.37. The van der Waals surface area contributed by atoms with Crippen LogP contribution in [0.5, 0.6) is 0 Å². The molecule has 2 rings (SSSR count). The Hall–Kier alpha value is -1.72. The van der Waals surface area contributed by atoms with Crippen molar-refractivity contribution in [1.29, 1.82) is 0 Å². The van der Waals surface area contributed by atoms with E-state index in [1.54, 1.807) is 15.8 Å². The maximum absolute atomic E-state index is 12.0. The molecule has 0 aromatic carbocycles. The summed E-state index contributed by atoms with van der Waals surface area (Å²) in [7, 11) is 3.66. The van der Waals surface area contributed by atoms with E-state index in [2.05, 4.69) is 5.10 Å². The van der Waals surface area contributed by atoms with Crippen molar-refractivity contribution in [3.05, 3.63) is 6.20 Å². The summed E-state index contributed by atoms with van der Waals surface area (Å²) in [5, 5.41) is 4.24. The second-order valence-electron chi connectivity index (χ2n) is 4.53. The minimum absolute atomic E-state index is 0.148. The topological polar surface area (TPSA) is 67.4 Å². The fraction of sp³-hybridized carbons (Fsp3) is 0.636. The number of aromatic nitrogens is 2. The summed E-state index contributed by atoms with van der Waals surface area (Å²) >= 11 is 0. The molecule has 1 aromatic rings. The number of hydrogen-bond donors (Lipinski definition) is 1. The number of anilines is 2. The van der Waals surface area contributed by atoms with Crippen LogP contribution in [0.4, 0.5) is 11.5 Å². The van der Waals surface area contributed by atoms with E-state index in [1.807, 2.05) is 19.0 Å². The number of carbonyl (C=O) groups is 1. The molecule has 0 aliphatic carbocycles. The summed E-state index contributed by atoms with van der Waals surface area (Å²) < 4.78 is 1.65. The molecule has 1 amide bonds. The van der Waals surface area contributed by atoms with Gasteiger partial charge in [0.05, 0.1) is 12.2 Å². The van der Waals surface area contributed by atoms with Gasteiger partial charge in [-0.1, -0.05) is 0 Å². The van der Waals surface area contributed by atoms with E-state index in [-0.39, 0.29) is 5.91 Å². The number of amides is 1. The molecule has 1 aliphatic rings. The molecule has 17 heavy (non-hydrogen) atoms. The smallest absolute Gasteiger partial charge is 0.242 e. The number of rotatable bonds is 3. The number of hydrogen-bond acceptors (Lipinski definition) is 4. The average Bonchev–Trinajstić information content (AvgIpc) is 2.87. The molecular weight excluding hydrogens is 218 g/mol. The number of aryl methyl sites for hydroxylation is 1. The Morgan fingerprint density at radius 2 is 2.18 bits per heavy atom. The summed E-state index contributed by atoms with van der Waals surface area (Å²) in [6.45, 7) is 2.09. The zero-order chi connectivity index (χ0) is 12.4. The molecule has 6 heteroatoms. The molecule has 1 aliphatic heterocycles. The largest absolute Gasteiger partial charge is 0.394 e. The predicted molar refractivity (Wildman–Crippen MR) is 66.7 cm³/mol. The third-order valence-electron chi connectivity index (χ3n) is 3.03. The third kappa shape index (κ3) is 2.51. The summed E-state index contributed by atoms with van der Waals surface area (Å²) in [6, 6.07) is 0. The monoisotopic (exact) mass is 237 g/mol. The lowest BCUT2D eigenvalue weighted by atomic mass is 10.4. The highest BCUT2D eigenvalue weighted by molar-refractivity contribution is 5.82. The second kappa shape index (κ2) is 4.65. The van der Waals surface area contributed by atoms with Crippen LogP contribution in [0.25, 0.3) is 0 Å². The van der Waals surface area contributed by atoms with Gasteiger partial charge >= 0.3 is 0 Å². The van der Waals surface area contributed by atoms with Gasteiger partial charge < -0.3 is 15.5 Å². The molecule has 0 unspecified atom stereocenters. The molecule has 6 nitrogen and oxygen atoms in total. The molecule has 0 atom stereocenters. The minimum Gasteiger partial charge on any atom is -0.394 e. The zero-order valence-corrected chi connectivity index (χ0v) is 10.4. The molecule has 0 bridgehead atoms. The molecule has 1 aromatic heterocycles. The summed E-state index contributed by atoms with van der Waals surface area (Å²) in [5.74, 6) is 0.815. The van der Waals surface area contributed by atoms with Gasteiger partial charge in [-0.3, -0.25) is 9.48 Å². The Morgan fingerprint density at radius 1 is 1.53 bits per heavy atom. The van der Waals surface area contributed by atoms with E-state index < -0.39 is 0 Å². The standard InChI is InChI=1S/C11H19N5O/c1-14(11-9(12)7-15(2)13-11)8-10(17)16-5-3-4-6-16/h7H,3-6,8,12H2,1-2H3. The van der Waals surface area contributed by atoms with E-state index in [0.717, 1.165) is 25.9 Å². The van der Waals surface area contributed by atoms with Crippen molar-refractivity contribution in [2.45, 2.75) is 12.8 Å². The number of nitrogens with zero attached hydrogens (tertiary/aromatic N) is 4. The summed E-state index contributed by atoms with van der Waals surface area (Å²) in [6.07, 6.45) is 3.97. The number of likely N-dealkylation sites (N-methyl/N-ethyl adjacent to an activating group) is 1. The lowest BCUT2D eigenvalue weighted by molar-refractivity contribution is -0.128. The molecule has 0 radical (unpaired) electrons. The lowest BCUT2D eigenvalue weighted by Gasteiger charge is -2.21. The van der Waals surface area contributed by atoms with Gasteiger partial charge in [0, 0.05) is 33.4 Å². The van der Waals surface area contributed by atoms with Crippen LogP contribution >= 0.6 is 0 Å². The van der Waals surface area contributed by atoms with Crippen molar-refractivity contribution in [3.8, 4) is 0 Å². The van der Waals surface area contributed by atoms with Crippen LogP contribution < -0.4 is 10.6 Å².